The molecule has 0 spiro atoms. The minimum Gasteiger partial charge on any atom is -0.454 e. The molecule has 1 atom stereocenters. The maximum atomic E-state index is 11.2. The molecule has 94 valence electrons. The lowest BCUT2D eigenvalue weighted by Crippen LogP contribution is -2.26. The summed E-state index contributed by atoms with van der Waals surface area (Å²) in [7, 11) is 0. The maximum absolute atomic E-state index is 11.2. The molecule has 1 aromatic carbocycles. The highest BCUT2D eigenvalue weighted by atomic mass is 16.5. The molecule has 1 rings (SSSR count). The third-order valence-corrected chi connectivity index (χ3v) is 2.03. The van der Waals surface area contributed by atoms with Gasteiger partial charge in [-0.2, -0.15) is 0 Å². The van der Waals surface area contributed by atoms with Crippen molar-refractivity contribution in [1.29, 1.82) is 0 Å². The van der Waals surface area contributed by atoms with Crippen LogP contribution in [0, 0.1) is 0 Å². The van der Waals surface area contributed by atoms with E-state index >= 15 is 0 Å². The molecule has 1 aromatic rings. The van der Waals surface area contributed by atoms with E-state index in [1.54, 1.807) is 0 Å². The summed E-state index contributed by atoms with van der Waals surface area (Å²) in [5.41, 5.74) is 0.985. The van der Waals surface area contributed by atoms with Crippen molar-refractivity contribution in [2.45, 2.75) is 40.2 Å². The van der Waals surface area contributed by atoms with Crippen LogP contribution in [0.1, 0.15) is 33.3 Å². The lowest BCUT2D eigenvalue weighted by molar-refractivity contribution is -0.152. The fourth-order valence-electron chi connectivity index (χ4n) is 1.30. The topological polar surface area (TPSA) is 43.4 Å². The first-order valence-electron chi connectivity index (χ1n) is 5.81. The van der Waals surface area contributed by atoms with E-state index in [0.29, 0.717) is 6.42 Å². The molecule has 3 nitrogen and oxygen atoms in total. The van der Waals surface area contributed by atoms with E-state index in [1.807, 2.05) is 44.2 Å². The quantitative estimate of drug-likeness (QED) is 0.755. The molecule has 0 aliphatic heterocycles. The Morgan fingerprint density at radius 1 is 1.12 bits per heavy atom. The molecule has 0 saturated heterocycles. The van der Waals surface area contributed by atoms with Crippen LogP contribution in [-0.4, -0.2) is 17.9 Å². The number of ketones is 1. The fraction of sp³-hybridized carbons (Fsp3) is 0.429. The van der Waals surface area contributed by atoms with Gasteiger partial charge >= 0.3 is 5.97 Å². The first-order valence-corrected chi connectivity index (χ1v) is 5.81. The molecule has 17 heavy (non-hydrogen) atoms. The van der Waals surface area contributed by atoms with Crippen molar-refractivity contribution in [3.63, 3.8) is 0 Å². The summed E-state index contributed by atoms with van der Waals surface area (Å²) in [5.74, 6) is -0.555. The van der Waals surface area contributed by atoms with Crippen LogP contribution in [-0.2, 0) is 20.7 Å². The lowest BCUT2D eigenvalue weighted by Gasteiger charge is -2.13. The van der Waals surface area contributed by atoms with Crippen LogP contribution in [0.15, 0.2) is 30.3 Å². The Morgan fingerprint density at radius 2 is 1.65 bits per heavy atom. The Kier molecular flexibility index (Phi) is 7.68. The van der Waals surface area contributed by atoms with Gasteiger partial charge in [-0.1, -0.05) is 44.2 Å². The van der Waals surface area contributed by atoms with E-state index in [2.05, 4.69) is 0 Å². The monoisotopic (exact) mass is 236 g/mol. The average molecular weight is 236 g/mol. The highest BCUT2D eigenvalue weighted by molar-refractivity contribution is 5.83. The van der Waals surface area contributed by atoms with Gasteiger partial charge in [0.15, 0.2) is 11.9 Å². The summed E-state index contributed by atoms with van der Waals surface area (Å²) in [5, 5.41) is 0. The minimum atomic E-state index is -0.662. The smallest absolute Gasteiger partial charge is 0.303 e. The Balaban J connectivity index is 0.00000121. The normalized spacial score (nSPS) is 10.8. The van der Waals surface area contributed by atoms with Crippen LogP contribution >= 0.6 is 0 Å². The predicted octanol–water partition coefficient (Wildman–Crippen LogP) is 2.78. The van der Waals surface area contributed by atoms with E-state index in [1.165, 1.54) is 13.8 Å². The molecule has 0 fully saturated rings. The van der Waals surface area contributed by atoms with E-state index in [4.69, 9.17) is 4.74 Å². The Bertz CT molecular complexity index is 344. The summed E-state index contributed by atoms with van der Waals surface area (Å²) in [4.78, 5) is 22.0. The average Bonchev–Trinajstić information content (AvgIpc) is 2.31. The molecular formula is C14H20O3. The highest BCUT2D eigenvalue weighted by Crippen LogP contribution is 2.07. The van der Waals surface area contributed by atoms with Crippen molar-refractivity contribution in [2.75, 3.05) is 0 Å². The number of benzene rings is 1. The third-order valence-electron chi connectivity index (χ3n) is 2.03. The van der Waals surface area contributed by atoms with E-state index < -0.39 is 12.1 Å². The van der Waals surface area contributed by atoms with Crippen molar-refractivity contribution < 1.29 is 14.3 Å². The van der Waals surface area contributed by atoms with Crippen LogP contribution in [0.3, 0.4) is 0 Å². The van der Waals surface area contributed by atoms with Gasteiger partial charge in [-0.3, -0.25) is 9.59 Å². The largest absolute Gasteiger partial charge is 0.454 e. The maximum Gasteiger partial charge on any atom is 0.303 e. The molecule has 0 N–H and O–H groups in total. The Morgan fingerprint density at radius 3 is 2.06 bits per heavy atom. The van der Waals surface area contributed by atoms with Crippen LogP contribution in [0.2, 0.25) is 0 Å². The van der Waals surface area contributed by atoms with Crippen LogP contribution in [0.5, 0.6) is 0 Å². The van der Waals surface area contributed by atoms with Gasteiger partial charge in [0.25, 0.3) is 0 Å². The van der Waals surface area contributed by atoms with Crippen molar-refractivity contribution in [2.24, 2.45) is 0 Å². The number of Topliss-reactive ketones (excluding diaryl/α,β-unsaturated/α-hetero) is 1. The lowest BCUT2D eigenvalue weighted by atomic mass is 10.1. The standard InChI is InChI=1S/C12H14O3.C2H6/c1-9(13)12(15-10(2)14)8-11-6-4-3-5-7-11;1-2/h3-7,12H,8H2,1-2H3;1-2H3. The van der Waals surface area contributed by atoms with E-state index in [9.17, 15) is 9.59 Å². The summed E-state index contributed by atoms with van der Waals surface area (Å²) >= 11 is 0. The zero-order valence-electron chi connectivity index (χ0n) is 10.9. The van der Waals surface area contributed by atoms with Crippen LogP contribution < -0.4 is 0 Å². The van der Waals surface area contributed by atoms with Crippen molar-refractivity contribution in [1.82, 2.24) is 0 Å². The van der Waals surface area contributed by atoms with Crippen LogP contribution in [0.25, 0.3) is 0 Å². The number of carbonyl (C=O) groups excluding carboxylic acids is 2. The molecule has 0 radical (unpaired) electrons. The second kappa shape index (κ2) is 8.50. The number of ether oxygens (including phenoxy) is 1. The molecule has 0 amide bonds. The van der Waals surface area contributed by atoms with Gasteiger partial charge in [0.05, 0.1) is 0 Å². The minimum absolute atomic E-state index is 0.131. The molecule has 0 heterocycles. The number of carbonyl (C=O) groups is 2. The van der Waals surface area contributed by atoms with Gasteiger partial charge in [0, 0.05) is 13.3 Å². The highest BCUT2D eigenvalue weighted by Gasteiger charge is 2.17. The predicted molar refractivity (Wildman–Crippen MR) is 67.7 cm³/mol. The number of esters is 1. The van der Waals surface area contributed by atoms with E-state index in [0.717, 1.165) is 5.56 Å². The summed E-state index contributed by atoms with van der Waals surface area (Å²) in [6.45, 7) is 6.73. The fourth-order valence-corrected chi connectivity index (χ4v) is 1.30. The first-order chi connectivity index (χ1) is 8.09. The van der Waals surface area contributed by atoms with Crippen LogP contribution in [0.4, 0.5) is 0 Å². The zero-order chi connectivity index (χ0) is 13.3. The van der Waals surface area contributed by atoms with Gasteiger partial charge in [-0.15, -0.1) is 0 Å². The first kappa shape index (κ1) is 15.4. The zero-order valence-corrected chi connectivity index (χ0v) is 10.9. The summed E-state index contributed by atoms with van der Waals surface area (Å²) < 4.78 is 4.93. The second-order valence-corrected chi connectivity index (χ2v) is 3.40. The van der Waals surface area contributed by atoms with E-state index in [-0.39, 0.29) is 5.78 Å². The van der Waals surface area contributed by atoms with Gasteiger partial charge in [0.1, 0.15) is 0 Å². The summed E-state index contributed by atoms with van der Waals surface area (Å²) in [6, 6.07) is 9.48. The number of hydrogen-bond donors (Lipinski definition) is 0. The molecule has 0 aliphatic rings. The van der Waals surface area contributed by atoms with Crippen molar-refractivity contribution in [3.8, 4) is 0 Å². The van der Waals surface area contributed by atoms with Gasteiger partial charge < -0.3 is 4.74 Å². The third kappa shape index (κ3) is 6.51. The Hall–Kier alpha value is -1.64. The van der Waals surface area contributed by atoms with Gasteiger partial charge in [0.2, 0.25) is 0 Å². The Labute approximate surface area is 103 Å². The van der Waals surface area contributed by atoms with Gasteiger partial charge in [-0.05, 0) is 12.5 Å². The van der Waals surface area contributed by atoms with Crippen molar-refractivity contribution >= 4 is 11.8 Å². The number of rotatable bonds is 4. The molecule has 1 unspecified atom stereocenters. The number of hydrogen-bond acceptors (Lipinski definition) is 3. The van der Waals surface area contributed by atoms with Crippen molar-refractivity contribution in [3.05, 3.63) is 35.9 Å². The van der Waals surface area contributed by atoms with Gasteiger partial charge in [-0.25, -0.2) is 0 Å². The molecule has 0 bridgehead atoms. The molecule has 0 aromatic heterocycles. The molecule has 0 aliphatic carbocycles. The molecular weight excluding hydrogens is 216 g/mol. The molecule has 3 heteroatoms. The summed E-state index contributed by atoms with van der Waals surface area (Å²) in [6.07, 6.45) is -0.222. The second-order valence-electron chi connectivity index (χ2n) is 3.40. The molecule has 0 saturated carbocycles. The SMILES string of the molecule is CC.CC(=O)OC(Cc1ccccc1)C(C)=O.